The number of carbonyl (C=O) groups excluding carboxylic acids is 1. The normalized spacial score (nSPS) is 14.0. The molecule has 0 saturated carbocycles. The number of carbonyl (C=O) groups is 1. The molecule has 1 amide bonds. The summed E-state index contributed by atoms with van der Waals surface area (Å²) < 4.78 is 27.9. The minimum absolute atomic E-state index is 0.0371. The van der Waals surface area contributed by atoms with E-state index in [-0.39, 0.29) is 22.2 Å². The third-order valence-corrected chi connectivity index (χ3v) is 7.50. The van der Waals surface area contributed by atoms with Gasteiger partial charge in [-0.25, -0.2) is 8.42 Å². The molecule has 1 aliphatic rings. The Kier molecular flexibility index (Phi) is 6.78. The van der Waals surface area contributed by atoms with Crippen molar-refractivity contribution < 1.29 is 18.1 Å². The van der Waals surface area contributed by atoms with Crippen LogP contribution in [-0.4, -0.2) is 56.9 Å². The predicted molar refractivity (Wildman–Crippen MR) is 129 cm³/mol. The van der Waals surface area contributed by atoms with Crippen LogP contribution in [0.3, 0.4) is 0 Å². The number of anilines is 2. The molecule has 4 rings (SSSR count). The molecule has 9 nitrogen and oxygen atoms in total. The zero-order chi connectivity index (χ0) is 24.1. The number of rotatable bonds is 7. The Hall–Kier alpha value is -3.92. The lowest BCUT2D eigenvalue weighted by atomic mass is 10.2. The van der Waals surface area contributed by atoms with E-state index in [1.165, 1.54) is 36.4 Å². The first-order chi connectivity index (χ1) is 16.4. The van der Waals surface area contributed by atoms with Crippen molar-refractivity contribution in [3.05, 3.63) is 95.0 Å². The molecule has 3 aromatic rings. The van der Waals surface area contributed by atoms with Crippen LogP contribution in [0.5, 0.6) is 0 Å². The van der Waals surface area contributed by atoms with Crippen LogP contribution < -0.4 is 9.21 Å². The summed E-state index contributed by atoms with van der Waals surface area (Å²) in [5.41, 5.74) is 1.10. The van der Waals surface area contributed by atoms with Gasteiger partial charge in [0.25, 0.3) is 15.7 Å². The molecular formula is C24H24N4O5S. The van der Waals surface area contributed by atoms with Gasteiger partial charge in [0.05, 0.1) is 15.5 Å². The molecule has 1 fully saturated rings. The number of non-ortho nitro benzene ring substituents is 1. The minimum atomic E-state index is -4.07. The van der Waals surface area contributed by atoms with E-state index >= 15 is 0 Å². The number of amides is 1. The lowest BCUT2D eigenvalue weighted by Crippen LogP contribution is -2.52. The summed E-state index contributed by atoms with van der Waals surface area (Å²) in [6.45, 7) is 1.80. The fourth-order valence-electron chi connectivity index (χ4n) is 3.85. The number of piperazine rings is 1. The van der Waals surface area contributed by atoms with Crippen LogP contribution in [0.15, 0.2) is 89.8 Å². The Morgan fingerprint density at radius 3 is 1.97 bits per heavy atom. The highest BCUT2D eigenvalue weighted by Crippen LogP contribution is 2.26. The molecule has 1 aliphatic heterocycles. The highest BCUT2D eigenvalue weighted by atomic mass is 32.2. The molecule has 10 heteroatoms. The fourth-order valence-corrected chi connectivity index (χ4v) is 5.29. The van der Waals surface area contributed by atoms with Crippen LogP contribution in [0.2, 0.25) is 0 Å². The van der Waals surface area contributed by atoms with Gasteiger partial charge in [-0.1, -0.05) is 36.4 Å². The molecule has 3 aromatic carbocycles. The van der Waals surface area contributed by atoms with Gasteiger partial charge in [-0.05, 0) is 36.4 Å². The molecule has 0 aliphatic carbocycles. The Bertz CT molecular complexity index is 1240. The number of sulfonamides is 1. The van der Waals surface area contributed by atoms with E-state index in [1.807, 2.05) is 30.3 Å². The Morgan fingerprint density at radius 1 is 0.853 bits per heavy atom. The van der Waals surface area contributed by atoms with Crippen LogP contribution >= 0.6 is 0 Å². The molecule has 1 saturated heterocycles. The summed E-state index contributed by atoms with van der Waals surface area (Å²) >= 11 is 0. The number of para-hydroxylation sites is 1. The second-order valence-electron chi connectivity index (χ2n) is 7.80. The van der Waals surface area contributed by atoms with Gasteiger partial charge in [0.2, 0.25) is 5.91 Å². The number of benzene rings is 3. The number of hydrogen-bond acceptors (Lipinski definition) is 6. The monoisotopic (exact) mass is 480 g/mol. The number of nitro groups is 1. The largest absolute Gasteiger partial charge is 0.368 e. The maximum Gasteiger partial charge on any atom is 0.269 e. The first-order valence-corrected chi connectivity index (χ1v) is 12.2. The third kappa shape index (κ3) is 5.01. The highest BCUT2D eigenvalue weighted by molar-refractivity contribution is 7.92. The van der Waals surface area contributed by atoms with Gasteiger partial charge in [-0.15, -0.1) is 0 Å². The summed E-state index contributed by atoms with van der Waals surface area (Å²) in [5, 5.41) is 11.0. The van der Waals surface area contributed by atoms with E-state index in [0.717, 1.165) is 9.99 Å². The standard InChI is InChI=1S/C24H24N4O5S/c29-24(26-17-15-25(16-18-26)20-7-3-1-4-8-20)19-27(21-11-13-22(14-12-21)28(30)31)34(32,33)23-9-5-2-6-10-23/h1-14H,15-19H2. The molecule has 176 valence electrons. The molecule has 0 atom stereocenters. The van der Waals surface area contributed by atoms with E-state index in [4.69, 9.17) is 0 Å². The van der Waals surface area contributed by atoms with E-state index in [0.29, 0.717) is 26.2 Å². The SMILES string of the molecule is O=C(CN(c1ccc([N+](=O)[O-])cc1)S(=O)(=O)c1ccccc1)N1CCN(c2ccccc2)CC1. The summed E-state index contributed by atoms with van der Waals surface area (Å²) in [4.78, 5) is 27.5. The minimum Gasteiger partial charge on any atom is -0.368 e. The van der Waals surface area contributed by atoms with E-state index in [2.05, 4.69) is 4.90 Å². The van der Waals surface area contributed by atoms with Crippen LogP contribution in [0.25, 0.3) is 0 Å². The van der Waals surface area contributed by atoms with Crippen LogP contribution in [0, 0.1) is 10.1 Å². The Morgan fingerprint density at radius 2 is 1.41 bits per heavy atom. The molecule has 34 heavy (non-hydrogen) atoms. The van der Waals surface area contributed by atoms with Gasteiger partial charge in [-0.2, -0.15) is 0 Å². The van der Waals surface area contributed by atoms with Gasteiger partial charge >= 0.3 is 0 Å². The number of nitro benzene ring substituents is 1. The van der Waals surface area contributed by atoms with Crippen LogP contribution in [0.4, 0.5) is 17.1 Å². The summed E-state index contributed by atoms with van der Waals surface area (Å²) in [6, 6.07) is 22.9. The van der Waals surface area contributed by atoms with E-state index < -0.39 is 21.5 Å². The molecule has 1 heterocycles. The van der Waals surface area contributed by atoms with E-state index in [1.54, 1.807) is 23.1 Å². The van der Waals surface area contributed by atoms with Crippen molar-refractivity contribution in [2.24, 2.45) is 0 Å². The van der Waals surface area contributed by atoms with Crippen molar-refractivity contribution >= 4 is 33.0 Å². The van der Waals surface area contributed by atoms with Crippen molar-refractivity contribution in [2.45, 2.75) is 4.90 Å². The lowest BCUT2D eigenvalue weighted by Gasteiger charge is -2.37. The molecule has 0 N–H and O–H groups in total. The van der Waals surface area contributed by atoms with Gasteiger partial charge in [-0.3, -0.25) is 19.2 Å². The molecule has 0 spiro atoms. The zero-order valence-electron chi connectivity index (χ0n) is 18.4. The smallest absolute Gasteiger partial charge is 0.269 e. The fraction of sp³-hybridized carbons (Fsp3) is 0.208. The average molecular weight is 481 g/mol. The molecule has 0 bridgehead atoms. The average Bonchev–Trinajstić information content (AvgIpc) is 2.88. The van der Waals surface area contributed by atoms with Gasteiger partial charge in [0.15, 0.2) is 0 Å². The Balaban J connectivity index is 1.55. The van der Waals surface area contributed by atoms with E-state index in [9.17, 15) is 23.3 Å². The lowest BCUT2D eigenvalue weighted by molar-refractivity contribution is -0.384. The zero-order valence-corrected chi connectivity index (χ0v) is 19.2. The first-order valence-electron chi connectivity index (χ1n) is 10.8. The Labute approximate surface area is 198 Å². The van der Waals surface area contributed by atoms with Gasteiger partial charge in [0, 0.05) is 44.0 Å². The first kappa shape index (κ1) is 23.2. The van der Waals surface area contributed by atoms with Crippen molar-refractivity contribution in [1.29, 1.82) is 0 Å². The van der Waals surface area contributed by atoms with Crippen molar-refractivity contribution in [3.8, 4) is 0 Å². The molecular weight excluding hydrogens is 456 g/mol. The maximum absolute atomic E-state index is 13.4. The van der Waals surface area contributed by atoms with Gasteiger partial charge in [0.1, 0.15) is 6.54 Å². The second-order valence-corrected chi connectivity index (χ2v) is 9.66. The molecule has 0 radical (unpaired) electrons. The molecule has 0 unspecified atom stereocenters. The maximum atomic E-state index is 13.4. The van der Waals surface area contributed by atoms with Crippen molar-refractivity contribution in [3.63, 3.8) is 0 Å². The van der Waals surface area contributed by atoms with Crippen molar-refractivity contribution in [2.75, 3.05) is 41.9 Å². The topological polar surface area (TPSA) is 104 Å². The quantitative estimate of drug-likeness (QED) is 0.380. The van der Waals surface area contributed by atoms with Crippen molar-refractivity contribution in [1.82, 2.24) is 4.90 Å². The predicted octanol–water partition coefficient (Wildman–Crippen LogP) is 3.14. The summed E-state index contributed by atoms with van der Waals surface area (Å²) in [7, 11) is -4.07. The number of hydrogen-bond donors (Lipinski definition) is 0. The van der Waals surface area contributed by atoms with Crippen LogP contribution in [-0.2, 0) is 14.8 Å². The summed E-state index contributed by atoms with van der Waals surface area (Å²) in [5.74, 6) is -0.328. The third-order valence-electron chi connectivity index (χ3n) is 5.71. The molecule has 0 aromatic heterocycles. The number of nitrogens with zero attached hydrogens (tertiary/aromatic N) is 4. The highest BCUT2D eigenvalue weighted by Gasteiger charge is 2.30. The van der Waals surface area contributed by atoms with Crippen LogP contribution in [0.1, 0.15) is 0 Å². The second kappa shape index (κ2) is 9.92. The summed E-state index contributed by atoms with van der Waals surface area (Å²) in [6.07, 6.45) is 0. The van der Waals surface area contributed by atoms with Gasteiger partial charge < -0.3 is 9.80 Å².